The molecule has 204 valence electrons. The Morgan fingerprint density at radius 2 is 1.92 bits per heavy atom. The van der Waals surface area contributed by atoms with Crippen LogP contribution in [-0.2, 0) is 14.8 Å². The molecule has 1 heterocycles. The summed E-state index contributed by atoms with van der Waals surface area (Å²) in [4.78, 5) is 23.1. The zero-order valence-corrected chi connectivity index (χ0v) is 22.0. The van der Waals surface area contributed by atoms with Crippen LogP contribution in [0.4, 0.5) is 10.1 Å². The number of methoxy groups -OCH3 is 1. The fraction of sp³-hybridized carbons (Fsp3) is 0.333. The topological polar surface area (TPSA) is 155 Å². The number of nitro benzene ring substituents is 1. The van der Waals surface area contributed by atoms with Crippen LogP contribution in [-0.4, -0.2) is 55.3 Å². The largest absolute Gasteiger partial charge is 0.437 e. The van der Waals surface area contributed by atoms with Crippen LogP contribution in [0.1, 0.15) is 36.3 Å². The van der Waals surface area contributed by atoms with Crippen molar-refractivity contribution < 1.29 is 32.0 Å². The van der Waals surface area contributed by atoms with Crippen molar-refractivity contribution in [3.8, 4) is 17.3 Å². The van der Waals surface area contributed by atoms with Crippen molar-refractivity contribution in [2.75, 3.05) is 20.3 Å². The first kappa shape index (κ1) is 28.7. The number of aromatic nitrogens is 2. The van der Waals surface area contributed by atoms with Gasteiger partial charge in [-0.1, -0.05) is 6.92 Å². The lowest BCUT2D eigenvalue weighted by Crippen LogP contribution is -2.32. The second kappa shape index (κ2) is 12.1. The molecule has 0 saturated heterocycles. The Hall–Kier alpha value is -3.88. The van der Waals surface area contributed by atoms with E-state index in [1.807, 2.05) is 13.8 Å². The molecule has 3 aromatic rings. The highest BCUT2D eigenvalue weighted by molar-refractivity contribution is 7.89. The predicted molar refractivity (Wildman–Crippen MR) is 136 cm³/mol. The lowest BCUT2D eigenvalue weighted by atomic mass is 10.2. The molecular formula is C24H28FN5O7S. The smallest absolute Gasteiger partial charge is 0.272 e. The van der Waals surface area contributed by atoms with Gasteiger partial charge in [0.05, 0.1) is 17.2 Å². The summed E-state index contributed by atoms with van der Waals surface area (Å²) in [6.45, 7) is 5.26. The van der Waals surface area contributed by atoms with Crippen LogP contribution in [0.15, 0.2) is 47.4 Å². The molecule has 0 spiro atoms. The van der Waals surface area contributed by atoms with Gasteiger partial charge < -0.3 is 14.8 Å². The van der Waals surface area contributed by atoms with Gasteiger partial charge in [0.1, 0.15) is 16.5 Å². The van der Waals surface area contributed by atoms with Crippen molar-refractivity contribution >= 4 is 21.6 Å². The van der Waals surface area contributed by atoms with E-state index in [1.54, 1.807) is 6.92 Å². The highest BCUT2D eigenvalue weighted by Crippen LogP contribution is 2.35. The number of carbonyl (C=O) groups excluding carboxylic acids is 1. The van der Waals surface area contributed by atoms with Crippen molar-refractivity contribution in [2.24, 2.45) is 0 Å². The summed E-state index contributed by atoms with van der Waals surface area (Å²) < 4.78 is 54.1. The van der Waals surface area contributed by atoms with Crippen LogP contribution in [0.3, 0.4) is 0 Å². The predicted octanol–water partition coefficient (Wildman–Crippen LogP) is 3.47. The molecule has 14 heteroatoms. The number of benzene rings is 2. The number of nitrogens with one attached hydrogen (secondary N) is 2. The number of nitro groups is 1. The molecule has 1 atom stereocenters. The Kier molecular flexibility index (Phi) is 9.14. The van der Waals surface area contributed by atoms with Crippen LogP contribution in [0, 0.1) is 22.9 Å². The van der Waals surface area contributed by atoms with E-state index in [1.165, 1.54) is 36.1 Å². The monoisotopic (exact) mass is 549 g/mol. The van der Waals surface area contributed by atoms with Gasteiger partial charge in [0, 0.05) is 37.4 Å². The van der Waals surface area contributed by atoms with Gasteiger partial charge in [0.15, 0.2) is 5.69 Å². The number of sulfonamides is 1. The average molecular weight is 550 g/mol. The van der Waals surface area contributed by atoms with E-state index in [-0.39, 0.29) is 42.1 Å². The number of hydrogen-bond acceptors (Lipinski definition) is 8. The molecule has 12 nitrogen and oxygen atoms in total. The summed E-state index contributed by atoms with van der Waals surface area (Å²) >= 11 is 0. The van der Waals surface area contributed by atoms with Gasteiger partial charge in [0.25, 0.3) is 11.6 Å². The SMILES string of the molecule is CCC(C)NC(=O)c1nn(-c2ccc(F)cc2)c(Oc2ccc([N+](=O)[O-])cc2S(=O)(=O)NCCOC)c1C. The molecule has 0 fully saturated rings. The number of hydrogen-bond donors (Lipinski definition) is 2. The van der Waals surface area contributed by atoms with Crippen LogP contribution in [0.25, 0.3) is 5.69 Å². The number of nitrogens with zero attached hydrogens (tertiary/aromatic N) is 3. The third-order valence-corrected chi connectivity index (χ3v) is 7.06. The quantitative estimate of drug-likeness (QED) is 0.198. The molecule has 0 radical (unpaired) electrons. The summed E-state index contributed by atoms with van der Waals surface area (Å²) in [5, 5.41) is 18.5. The highest BCUT2D eigenvalue weighted by Gasteiger charge is 2.28. The molecule has 0 saturated carbocycles. The van der Waals surface area contributed by atoms with E-state index in [2.05, 4.69) is 15.1 Å². The molecule has 2 aromatic carbocycles. The Labute approximate surface area is 219 Å². The van der Waals surface area contributed by atoms with Crippen LogP contribution >= 0.6 is 0 Å². The van der Waals surface area contributed by atoms with Crippen molar-refractivity contribution in [3.63, 3.8) is 0 Å². The average Bonchev–Trinajstić information content (AvgIpc) is 3.20. The van der Waals surface area contributed by atoms with Gasteiger partial charge in [-0.25, -0.2) is 17.5 Å². The van der Waals surface area contributed by atoms with Crippen LogP contribution < -0.4 is 14.8 Å². The number of ether oxygens (including phenoxy) is 2. The lowest BCUT2D eigenvalue weighted by Gasteiger charge is -2.14. The number of rotatable bonds is 12. The second-order valence-electron chi connectivity index (χ2n) is 8.33. The van der Waals surface area contributed by atoms with Gasteiger partial charge >= 0.3 is 0 Å². The first-order chi connectivity index (χ1) is 18.0. The van der Waals surface area contributed by atoms with E-state index in [4.69, 9.17) is 9.47 Å². The van der Waals surface area contributed by atoms with E-state index in [9.17, 15) is 27.7 Å². The fourth-order valence-corrected chi connectivity index (χ4v) is 4.49. The molecule has 0 bridgehead atoms. The third kappa shape index (κ3) is 6.51. The minimum Gasteiger partial charge on any atom is -0.437 e. The molecule has 38 heavy (non-hydrogen) atoms. The summed E-state index contributed by atoms with van der Waals surface area (Å²) in [6.07, 6.45) is 0.674. The van der Waals surface area contributed by atoms with Crippen LogP contribution in [0.5, 0.6) is 11.6 Å². The molecule has 0 aliphatic rings. The first-order valence-electron chi connectivity index (χ1n) is 11.6. The summed E-state index contributed by atoms with van der Waals surface area (Å²) in [7, 11) is -2.89. The van der Waals surface area contributed by atoms with Crippen molar-refractivity contribution in [3.05, 3.63) is 69.7 Å². The van der Waals surface area contributed by atoms with Gasteiger partial charge in [-0.05, 0) is 50.6 Å². The maximum Gasteiger partial charge on any atom is 0.272 e. The number of amides is 1. The molecular weight excluding hydrogens is 521 g/mol. The van der Waals surface area contributed by atoms with E-state index >= 15 is 0 Å². The summed E-state index contributed by atoms with van der Waals surface area (Å²) in [6, 6.07) is 8.15. The highest BCUT2D eigenvalue weighted by atomic mass is 32.2. The standard InChI is InChI=1S/C24H28FN5O7S/c1-5-15(2)27-23(31)22-16(3)24(29(28-22)18-8-6-17(25)7-9-18)37-20-11-10-19(30(32)33)14-21(20)38(34,35)26-12-13-36-4/h6-11,14-15,26H,5,12-13H2,1-4H3,(H,27,31). The zero-order chi connectivity index (χ0) is 28.0. The third-order valence-electron chi connectivity index (χ3n) is 5.58. The Balaban J connectivity index is 2.16. The summed E-state index contributed by atoms with van der Waals surface area (Å²) in [5.41, 5.74) is 0.136. The summed E-state index contributed by atoms with van der Waals surface area (Å²) in [5.74, 6) is -1.27. The van der Waals surface area contributed by atoms with Gasteiger partial charge in [-0.3, -0.25) is 14.9 Å². The molecule has 0 aliphatic heterocycles. The van der Waals surface area contributed by atoms with Gasteiger partial charge in [-0.15, -0.1) is 0 Å². The van der Waals surface area contributed by atoms with E-state index < -0.39 is 37.3 Å². The van der Waals surface area contributed by atoms with Crippen molar-refractivity contribution in [1.29, 1.82) is 0 Å². The minimum atomic E-state index is -4.28. The molecule has 1 aromatic heterocycles. The number of carbonyl (C=O) groups is 1. The van der Waals surface area contributed by atoms with Crippen LogP contribution in [0.2, 0.25) is 0 Å². The lowest BCUT2D eigenvalue weighted by molar-refractivity contribution is -0.385. The van der Waals surface area contributed by atoms with Gasteiger partial charge in [-0.2, -0.15) is 9.78 Å². The maximum atomic E-state index is 13.6. The number of halogens is 1. The fourth-order valence-electron chi connectivity index (χ4n) is 3.33. The molecule has 1 amide bonds. The number of non-ortho nitro benzene ring substituents is 1. The Morgan fingerprint density at radius 3 is 2.53 bits per heavy atom. The van der Waals surface area contributed by atoms with E-state index in [0.717, 1.165) is 18.2 Å². The van der Waals surface area contributed by atoms with E-state index in [0.29, 0.717) is 12.1 Å². The minimum absolute atomic E-state index is 0.00848. The first-order valence-corrected chi connectivity index (χ1v) is 13.1. The maximum absolute atomic E-state index is 13.6. The van der Waals surface area contributed by atoms with Crippen molar-refractivity contribution in [2.45, 2.75) is 38.1 Å². The second-order valence-corrected chi connectivity index (χ2v) is 10.1. The normalized spacial score (nSPS) is 12.2. The Bertz CT molecular complexity index is 1420. The molecule has 0 aliphatic carbocycles. The Morgan fingerprint density at radius 1 is 1.24 bits per heavy atom. The molecule has 1 unspecified atom stereocenters. The molecule has 2 N–H and O–H groups in total. The van der Waals surface area contributed by atoms with Gasteiger partial charge in [0.2, 0.25) is 15.9 Å². The molecule has 3 rings (SSSR count). The zero-order valence-electron chi connectivity index (χ0n) is 21.2. The van der Waals surface area contributed by atoms with Crippen molar-refractivity contribution in [1.82, 2.24) is 19.8 Å².